The third kappa shape index (κ3) is 4.21. The molecule has 1 aliphatic rings. The van der Waals surface area contributed by atoms with Crippen molar-refractivity contribution in [2.45, 2.75) is 13.0 Å². The van der Waals surface area contributed by atoms with Crippen molar-refractivity contribution in [3.8, 4) is 11.5 Å². The number of allylic oxidation sites excluding steroid dienone is 1. The summed E-state index contributed by atoms with van der Waals surface area (Å²) in [4.78, 5) is 36.5. The van der Waals surface area contributed by atoms with Crippen LogP contribution in [0.3, 0.4) is 0 Å². The third-order valence-electron chi connectivity index (χ3n) is 4.41. The predicted molar refractivity (Wildman–Crippen MR) is 104 cm³/mol. The number of benzene rings is 2. The summed E-state index contributed by atoms with van der Waals surface area (Å²) in [5.74, 6) is -0.608. The number of nitrogens with one attached hydrogen (secondary N) is 2. The number of hydrogen-bond donors (Lipinski definition) is 2. The average Bonchev–Trinajstić information content (AvgIpc) is 2.73. The molecule has 1 unspecified atom stereocenters. The minimum absolute atomic E-state index is 0.214. The first kappa shape index (κ1) is 19.9. The van der Waals surface area contributed by atoms with Crippen molar-refractivity contribution in [1.82, 2.24) is 10.6 Å². The average molecular weight is 396 g/mol. The Kier molecular flexibility index (Phi) is 5.82. The Morgan fingerprint density at radius 1 is 0.966 bits per heavy atom. The molecule has 0 saturated heterocycles. The van der Waals surface area contributed by atoms with E-state index in [9.17, 15) is 14.4 Å². The lowest BCUT2D eigenvalue weighted by Crippen LogP contribution is -2.45. The number of carbonyl (C=O) groups excluding carboxylic acids is 3. The molecule has 8 heteroatoms. The molecule has 150 valence electrons. The Labute approximate surface area is 167 Å². The highest BCUT2D eigenvalue weighted by molar-refractivity contribution is 5.95. The molecule has 0 bridgehead atoms. The Balaban J connectivity index is 1.93. The molecule has 2 amide bonds. The highest BCUT2D eigenvalue weighted by atomic mass is 16.6. The van der Waals surface area contributed by atoms with Gasteiger partial charge in [-0.1, -0.05) is 24.3 Å². The minimum Gasteiger partial charge on any atom is -0.493 e. The van der Waals surface area contributed by atoms with Crippen LogP contribution in [0.5, 0.6) is 11.5 Å². The Morgan fingerprint density at radius 2 is 1.69 bits per heavy atom. The molecule has 29 heavy (non-hydrogen) atoms. The van der Waals surface area contributed by atoms with Crippen LogP contribution >= 0.6 is 0 Å². The molecule has 1 atom stereocenters. The maximum Gasteiger partial charge on any atom is 0.343 e. The molecule has 0 aliphatic carbocycles. The van der Waals surface area contributed by atoms with E-state index in [4.69, 9.17) is 14.2 Å². The van der Waals surface area contributed by atoms with Gasteiger partial charge in [-0.15, -0.1) is 0 Å². The standard InChI is InChI=1S/C21H20N2O6/c1-12-17(20(25)28-3)18(23-21(26)22-12)14-9-10-15(16(11-14)27-2)29-19(24)13-7-5-4-6-8-13/h4-11,18H,1-3H3,(H2,22,23,26). The minimum atomic E-state index is -0.746. The van der Waals surface area contributed by atoms with Gasteiger partial charge in [0, 0.05) is 5.70 Å². The van der Waals surface area contributed by atoms with Crippen molar-refractivity contribution in [1.29, 1.82) is 0 Å². The number of amides is 2. The van der Waals surface area contributed by atoms with Crippen LogP contribution in [0.2, 0.25) is 0 Å². The van der Waals surface area contributed by atoms with Gasteiger partial charge < -0.3 is 24.8 Å². The molecular formula is C21H20N2O6. The quantitative estimate of drug-likeness (QED) is 0.595. The lowest BCUT2D eigenvalue weighted by atomic mass is 9.95. The molecule has 0 saturated carbocycles. The molecule has 2 aromatic carbocycles. The molecule has 2 aromatic rings. The van der Waals surface area contributed by atoms with Crippen molar-refractivity contribution in [3.63, 3.8) is 0 Å². The van der Waals surface area contributed by atoms with E-state index in [0.29, 0.717) is 16.8 Å². The highest BCUT2D eigenvalue weighted by Gasteiger charge is 2.32. The van der Waals surface area contributed by atoms with E-state index in [1.807, 2.05) is 0 Å². The van der Waals surface area contributed by atoms with Crippen LogP contribution in [0.4, 0.5) is 4.79 Å². The van der Waals surface area contributed by atoms with E-state index < -0.39 is 24.0 Å². The van der Waals surface area contributed by atoms with Crippen LogP contribution in [0.15, 0.2) is 59.8 Å². The van der Waals surface area contributed by atoms with Gasteiger partial charge in [0.05, 0.1) is 31.4 Å². The lowest BCUT2D eigenvalue weighted by Gasteiger charge is -2.28. The van der Waals surface area contributed by atoms with Crippen molar-refractivity contribution in [3.05, 3.63) is 70.9 Å². The van der Waals surface area contributed by atoms with Gasteiger partial charge in [0.15, 0.2) is 11.5 Å². The smallest absolute Gasteiger partial charge is 0.343 e. The maximum atomic E-state index is 12.3. The van der Waals surface area contributed by atoms with Crippen molar-refractivity contribution < 1.29 is 28.6 Å². The maximum absolute atomic E-state index is 12.3. The molecule has 0 radical (unpaired) electrons. The molecular weight excluding hydrogens is 376 g/mol. The van der Waals surface area contributed by atoms with Crippen LogP contribution in [-0.4, -0.2) is 32.2 Å². The second kappa shape index (κ2) is 8.47. The van der Waals surface area contributed by atoms with Gasteiger partial charge in [-0.2, -0.15) is 0 Å². The fourth-order valence-electron chi connectivity index (χ4n) is 3.01. The number of rotatable bonds is 5. The second-order valence-corrected chi connectivity index (χ2v) is 6.23. The van der Waals surface area contributed by atoms with Crippen molar-refractivity contribution in [2.75, 3.05) is 14.2 Å². The van der Waals surface area contributed by atoms with Crippen LogP contribution < -0.4 is 20.1 Å². The van der Waals surface area contributed by atoms with Crippen LogP contribution in [0.25, 0.3) is 0 Å². The second-order valence-electron chi connectivity index (χ2n) is 6.23. The van der Waals surface area contributed by atoms with E-state index in [1.165, 1.54) is 14.2 Å². The summed E-state index contributed by atoms with van der Waals surface area (Å²) in [6, 6.07) is 12.2. The Hall–Kier alpha value is -3.81. The lowest BCUT2D eigenvalue weighted by molar-refractivity contribution is -0.136. The summed E-state index contributed by atoms with van der Waals surface area (Å²) in [6.07, 6.45) is 0. The zero-order chi connectivity index (χ0) is 21.0. The molecule has 0 spiro atoms. The molecule has 0 aromatic heterocycles. The zero-order valence-corrected chi connectivity index (χ0v) is 16.1. The number of esters is 2. The normalized spacial score (nSPS) is 15.8. The molecule has 8 nitrogen and oxygen atoms in total. The molecule has 3 rings (SSSR count). The monoisotopic (exact) mass is 396 g/mol. The highest BCUT2D eigenvalue weighted by Crippen LogP contribution is 2.34. The fourth-order valence-corrected chi connectivity index (χ4v) is 3.01. The van der Waals surface area contributed by atoms with Gasteiger partial charge in [0.1, 0.15) is 0 Å². The largest absolute Gasteiger partial charge is 0.493 e. The fraction of sp³-hybridized carbons (Fsp3) is 0.190. The Morgan fingerprint density at radius 3 is 2.34 bits per heavy atom. The van der Waals surface area contributed by atoms with Gasteiger partial charge in [0.25, 0.3) is 0 Å². The van der Waals surface area contributed by atoms with Crippen LogP contribution in [-0.2, 0) is 9.53 Å². The zero-order valence-electron chi connectivity index (χ0n) is 16.1. The number of urea groups is 1. The number of ether oxygens (including phenoxy) is 3. The first-order chi connectivity index (χ1) is 13.9. The topological polar surface area (TPSA) is 103 Å². The van der Waals surface area contributed by atoms with E-state index in [2.05, 4.69) is 10.6 Å². The molecule has 1 aliphatic heterocycles. The number of methoxy groups -OCH3 is 2. The number of carbonyl (C=O) groups is 3. The van der Waals surface area contributed by atoms with Crippen molar-refractivity contribution in [2.24, 2.45) is 0 Å². The summed E-state index contributed by atoms with van der Waals surface area (Å²) < 4.78 is 15.6. The van der Waals surface area contributed by atoms with E-state index in [1.54, 1.807) is 55.5 Å². The van der Waals surface area contributed by atoms with E-state index in [-0.39, 0.29) is 17.1 Å². The van der Waals surface area contributed by atoms with Crippen molar-refractivity contribution >= 4 is 18.0 Å². The van der Waals surface area contributed by atoms with Crippen LogP contribution in [0.1, 0.15) is 28.9 Å². The van der Waals surface area contributed by atoms with Gasteiger partial charge in [-0.25, -0.2) is 14.4 Å². The summed E-state index contributed by atoms with van der Waals surface area (Å²) in [5, 5.41) is 5.25. The first-order valence-corrected chi connectivity index (χ1v) is 8.76. The Bertz CT molecular complexity index is 984. The van der Waals surface area contributed by atoms with Gasteiger partial charge in [-0.05, 0) is 36.8 Å². The number of hydrogen-bond acceptors (Lipinski definition) is 6. The van der Waals surface area contributed by atoms with E-state index in [0.717, 1.165) is 0 Å². The predicted octanol–water partition coefficient (Wildman–Crippen LogP) is 2.72. The summed E-state index contributed by atoms with van der Waals surface area (Å²) >= 11 is 0. The van der Waals surface area contributed by atoms with Crippen LogP contribution in [0, 0.1) is 0 Å². The summed E-state index contributed by atoms with van der Waals surface area (Å²) in [5.41, 5.74) is 1.62. The first-order valence-electron chi connectivity index (χ1n) is 8.76. The van der Waals surface area contributed by atoms with Gasteiger partial charge in [-0.3, -0.25) is 0 Å². The summed E-state index contributed by atoms with van der Waals surface area (Å²) in [7, 11) is 2.70. The third-order valence-corrected chi connectivity index (χ3v) is 4.41. The molecule has 2 N–H and O–H groups in total. The molecule has 1 heterocycles. The van der Waals surface area contributed by atoms with E-state index >= 15 is 0 Å². The summed E-state index contributed by atoms with van der Waals surface area (Å²) in [6.45, 7) is 1.62. The SMILES string of the molecule is COC(=O)C1=C(C)NC(=O)NC1c1ccc(OC(=O)c2ccccc2)c(OC)c1. The van der Waals surface area contributed by atoms with Gasteiger partial charge >= 0.3 is 18.0 Å². The van der Waals surface area contributed by atoms with Gasteiger partial charge in [0.2, 0.25) is 0 Å². The molecule has 0 fully saturated rings.